The average molecular weight is 269 g/mol. The Morgan fingerprint density at radius 2 is 1.95 bits per heavy atom. The van der Waals surface area contributed by atoms with E-state index in [1.165, 1.54) is 4.70 Å². The largest absolute Gasteiger partial charge is 0.322 e. The fraction of sp³-hybridized carbons (Fsp3) is 0.200. The molecule has 3 nitrogen and oxygen atoms in total. The molecule has 0 spiro atoms. The number of thiazole rings is 1. The molecule has 96 valence electrons. The number of benzene rings is 1. The Hall–Kier alpha value is -1.78. The summed E-state index contributed by atoms with van der Waals surface area (Å²) in [6, 6.07) is 14.0. The van der Waals surface area contributed by atoms with Gasteiger partial charge in [0.1, 0.15) is 0 Å². The van der Waals surface area contributed by atoms with E-state index in [-0.39, 0.29) is 6.04 Å². The molecule has 0 aliphatic carbocycles. The molecule has 19 heavy (non-hydrogen) atoms. The van der Waals surface area contributed by atoms with Crippen LogP contribution in [0.3, 0.4) is 0 Å². The van der Waals surface area contributed by atoms with E-state index in [4.69, 9.17) is 5.73 Å². The van der Waals surface area contributed by atoms with Gasteiger partial charge in [-0.05, 0) is 31.2 Å². The summed E-state index contributed by atoms with van der Waals surface area (Å²) in [6.45, 7) is 1.98. The van der Waals surface area contributed by atoms with E-state index < -0.39 is 0 Å². The van der Waals surface area contributed by atoms with Crippen LogP contribution in [-0.4, -0.2) is 9.97 Å². The second-order valence-corrected chi connectivity index (χ2v) is 5.70. The van der Waals surface area contributed by atoms with Crippen LogP contribution in [0.4, 0.5) is 0 Å². The molecule has 4 heteroatoms. The lowest BCUT2D eigenvalue weighted by Crippen LogP contribution is -2.15. The second-order valence-electron chi connectivity index (χ2n) is 4.59. The van der Waals surface area contributed by atoms with Crippen LogP contribution in [0.1, 0.15) is 22.4 Å². The van der Waals surface area contributed by atoms with E-state index in [9.17, 15) is 0 Å². The molecule has 2 aromatic heterocycles. The number of aromatic nitrogens is 2. The lowest BCUT2D eigenvalue weighted by Gasteiger charge is -2.09. The number of fused-ring (bicyclic) bond motifs is 1. The maximum Gasteiger partial charge on any atom is 0.0958 e. The molecule has 1 atom stereocenters. The minimum absolute atomic E-state index is 0.0968. The lowest BCUT2D eigenvalue weighted by atomic mass is 10.1. The van der Waals surface area contributed by atoms with Crippen LogP contribution in [0.2, 0.25) is 0 Å². The van der Waals surface area contributed by atoms with Crippen molar-refractivity contribution in [3.63, 3.8) is 0 Å². The molecule has 0 bridgehead atoms. The molecular formula is C15H15N3S. The van der Waals surface area contributed by atoms with E-state index in [0.717, 1.165) is 28.3 Å². The number of rotatable bonds is 3. The summed E-state index contributed by atoms with van der Waals surface area (Å²) in [5.41, 5.74) is 9.20. The van der Waals surface area contributed by atoms with E-state index in [0.29, 0.717) is 0 Å². The van der Waals surface area contributed by atoms with Crippen molar-refractivity contribution in [2.24, 2.45) is 5.73 Å². The summed E-state index contributed by atoms with van der Waals surface area (Å²) in [7, 11) is 0. The fourth-order valence-corrected chi connectivity index (χ4v) is 3.10. The van der Waals surface area contributed by atoms with Crippen LogP contribution < -0.4 is 5.73 Å². The summed E-state index contributed by atoms with van der Waals surface area (Å²) in [4.78, 5) is 9.09. The molecule has 0 amide bonds. The van der Waals surface area contributed by atoms with Crippen LogP contribution in [-0.2, 0) is 6.42 Å². The Bertz CT molecular complexity index is 672. The van der Waals surface area contributed by atoms with E-state index >= 15 is 0 Å². The van der Waals surface area contributed by atoms with Crippen molar-refractivity contribution in [1.29, 1.82) is 0 Å². The number of nitrogens with zero attached hydrogens (tertiary/aromatic N) is 2. The maximum absolute atomic E-state index is 6.22. The molecule has 0 fully saturated rings. The normalized spacial score (nSPS) is 12.7. The molecule has 3 rings (SSSR count). The van der Waals surface area contributed by atoms with Crippen molar-refractivity contribution in [3.8, 4) is 0 Å². The second kappa shape index (κ2) is 5.07. The topological polar surface area (TPSA) is 51.8 Å². The first-order valence-electron chi connectivity index (χ1n) is 6.26. The van der Waals surface area contributed by atoms with Gasteiger partial charge in [-0.15, -0.1) is 11.3 Å². The Labute approximate surface area is 116 Å². The molecule has 1 unspecified atom stereocenters. The number of hydrogen-bond donors (Lipinski definition) is 1. The highest BCUT2D eigenvalue weighted by Crippen LogP contribution is 2.24. The summed E-state index contributed by atoms with van der Waals surface area (Å²) in [5, 5.41) is 1.07. The van der Waals surface area contributed by atoms with Gasteiger partial charge in [0.05, 0.1) is 27.0 Å². The SMILES string of the molecule is Cc1cccc(C(N)Cc2nc3ccccc3s2)n1. The van der Waals surface area contributed by atoms with Gasteiger partial charge < -0.3 is 5.73 Å². The molecule has 0 aliphatic rings. The minimum atomic E-state index is -0.0968. The van der Waals surface area contributed by atoms with Gasteiger partial charge in [0.15, 0.2) is 0 Å². The van der Waals surface area contributed by atoms with Crippen molar-refractivity contribution in [2.75, 3.05) is 0 Å². The molecule has 0 saturated heterocycles. The third-order valence-corrected chi connectivity index (χ3v) is 4.08. The molecule has 2 heterocycles. The van der Waals surface area contributed by atoms with Crippen LogP contribution in [0.15, 0.2) is 42.5 Å². The van der Waals surface area contributed by atoms with Crippen molar-refractivity contribution in [2.45, 2.75) is 19.4 Å². The number of para-hydroxylation sites is 1. The number of aryl methyl sites for hydroxylation is 1. The predicted octanol–water partition coefficient (Wildman–Crippen LogP) is 3.24. The zero-order chi connectivity index (χ0) is 13.2. The highest BCUT2D eigenvalue weighted by Gasteiger charge is 2.12. The van der Waals surface area contributed by atoms with Gasteiger partial charge in [-0.25, -0.2) is 4.98 Å². The molecule has 3 aromatic rings. The van der Waals surface area contributed by atoms with E-state index in [2.05, 4.69) is 16.0 Å². The highest BCUT2D eigenvalue weighted by molar-refractivity contribution is 7.18. The lowest BCUT2D eigenvalue weighted by molar-refractivity contribution is 0.691. The monoisotopic (exact) mass is 269 g/mol. The van der Waals surface area contributed by atoms with Gasteiger partial charge in [0.2, 0.25) is 0 Å². The summed E-state index contributed by atoms with van der Waals surface area (Å²) < 4.78 is 1.21. The highest BCUT2D eigenvalue weighted by atomic mass is 32.1. The quantitative estimate of drug-likeness (QED) is 0.794. The Morgan fingerprint density at radius 1 is 1.11 bits per heavy atom. The molecular weight excluding hydrogens is 254 g/mol. The zero-order valence-electron chi connectivity index (χ0n) is 10.7. The van der Waals surface area contributed by atoms with Crippen LogP contribution >= 0.6 is 11.3 Å². The maximum atomic E-state index is 6.22. The van der Waals surface area contributed by atoms with E-state index in [1.54, 1.807) is 11.3 Å². The summed E-state index contributed by atoms with van der Waals surface area (Å²) in [6.07, 6.45) is 0.732. The number of nitrogens with two attached hydrogens (primary N) is 1. The Kier molecular flexibility index (Phi) is 3.27. The van der Waals surface area contributed by atoms with Crippen LogP contribution in [0.25, 0.3) is 10.2 Å². The Morgan fingerprint density at radius 3 is 2.74 bits per heavy atom. The first kappa shape index (κ1) is 12.3. The van der Waals surface area contributed by atoms with Gasteiger partial charge in [-0.3, -0.25) is 4.98 Å². The molecule has 0 aliphatic heterocycles. The standard InChI is InChI=1S/C15H15N3S/c1-10-5-4-7-12(17-10)11(16)9-15-18-13-6-2-3-8-14(13)19-15/h2-8,11H,9,16H2,1H3. The molecule has 1 aromatic carbocycles. The van der Waals surface area contributed by atoms with Crippen LogP contribution in [0.5, 0.6) is 0 Å². The smallest absolute Gasteiger partial charge is 0.0958 e. The average Bonchev–Trinajstić information content (AvgIpc) is 2.80. The fourth-order valence-electron chi connectivity index (χ4n) is 2.07. The third kappa shape index (κ3) is 2.64. The zero-order valence-corrected chi connectivity index (χ0v) is 11.5. The first-order chi connectivity index (χ1) is 9.22. The molecule has 2 N–H and O–H groups in total. The third-order valence-electron chi connectivity index (χ3n) is 3.02. The van der Waals surface area contributed by atoms with Gasteiger partial charge in [0, 0.05) is 12.1 Å². The van der Waals surface area contributed by atoms with Crippen molar-refractivity contribution in [1.82, 2.24) is 9.97 Å². The Balaban J connectivity index is 1.84. The summed E-state index contributed by atoms with van der Waals surface area (Å²) >= 11 is 1.71. The molecule has 0 saturated carbocycles. The minimum Gasteiger partial charge on any atom is -0.322 e. The summed E-state index contributed by atoms with van der Waals surface area (Å²) in [5.74, 6) is 0. The van der Waals surface area contributed by atoms with Crippen molar-refractivity contribution < 1.29 is 0 Å². The van der Waals surface area contributed by atoms with E-state index in [1.807, 2.05) is 43.3 Å². The van der Waals surface area contributed by atoms with Gasteiger partial charge >= 0.3 is 0 Å². The number of pyridine rings is 1. The van der Waals surface area contributed by atoms with Crippen molar-refractivity contribution >= 4 is 21.6 Å². The van der Waals surface area contributed by atoms with Gasteiger partial charge in [-0.1, -0.05) is 18.2 Å². The van der Waals surface area contributed by atoms with Crippen LogP contribution in [0, 0.1) is 6.92 Å². The van der Waals surface area contributed by atoms with Crippen molar-refractivity contribution in [3.05, 3.63) is 58.9 Å². The molecule has 0 radical (unpaired) electrons. The van der Waals surface area contributed by atoms with Gasteiger partial charge in [-0.2, -0.15) is 0 Å². The predicted molar refractivity (Wildman–Crippen MR) is 79.2 cm³/mol. The first-order valence-corrected chi connectivity index (χ1v) is 7.07. The van der Waals surface area contributed by atoms with Gasteiger partial charge in [0.25, 0.3) is 0 Å². The number of hydrogen-bond acceptors (Lipinski definition) is 4.